The summed E-state index contributed by atoms with van der Waals surface area (Å²) in [4.78, 5) is 35.1. The summed E-state index contributed by atoms with van der Waals surface area (Å²) < 4.78 is 18.3. The third kappa shape index (κ3) is 4.56. The van der Waals surface area contributed by atoms with E-state index in [1.54, 1.807) is 29.7 Å². The molecule has 1 amide bonds. The van der Waals surface area contributed by atoms with Crippen molar-refractivity contribution in [3.63, 3.8) is 0 Å². The number of hydrogen-bond donors (Lipinski definition) is 1. The highest BCUT2D eigenvalue weighted by atomic mass is 16.5. The Bertz CT molecular complexity index is 1400. The predicted octanol–water partition coefficient (Wildman–Crippen LogP) is 3.35. The third-order valence-electron chi connectivity index (χ3n) is 6.79. The van der Waals surface area contributed by atoms with E-state index in [1.165, 1.54) is 26.2 Å². The number of rotatable bonds is 9. The Morgan fingerprint density at radius 1 is 1.08 bits per heavy atom. The number of aromatic nitrogens is 2. The molecule has 3 aromatic rings. The van der Waals surface area contributed by atoms with Gasteiger partial charge in [-0.25, -0.2) is 4.98 Å². The maximum Gasteiger partial charge on any atom is 0.295 e. The van der Waals surface area contributed by atoms with Gasteiger partial charge in [0, 0.05) is 12.7 Å². The summed E-state index contributed by atoms with van der Waals surface area (Å²) in [5.74, 6) is -0.575. The zero-order valence-electron chi connectivity index (χ0n) is 22.9. The molecule has 10 heteroatoms. The SMILES string of the molecule is COc1cc([C@@H]2C(=C(O)c3c(C)nc4c(C)cccn34)C(=O)C(=O)N2CCCN(C)C)cc(OC)c1OC. The minimum atomic E-state index is -0.874. The molecule has 0 saturated carbocycles. The minimum absolute atomic E-state index is 0.0134. The molecule has 1 aliphatic heterocycles. The molecule has 0 aliphatic carbocycles. The van der Waals surface area contributed by atoms with E-state index in [-0.39, 0.29) is 11.3 Å². The summed E-state index contributed by atoms with van der Waals surface area (Å²) in [7, 11) is 8.39. The molecule has 3 heterocycles. The number of carbonyl (C=O) groups excluding carboxylic acids is 2. The number of fused-ring (bicyclic) bond motifs is 1. The molecule has 1 saturated heterocycles. The van der Waals surface area contributed by atoms with Crippen LogP contribution < -0.4 is 14.2 Å². The molecule has 0 radical (unpaired) electrons. The number of imidazole rings is 1. The highest BCUT2D eigenvalue weighted by Gasteiger charge is 2.47. The number of aryl methyl sites for hydroxylation is 2. The van der Waals surface area contributed by atoms with Crippen LogP contribution in [0.25, 0.3) is 11.4 Å². The molecule has 1 aliphatic rings. The van der Waals surface area contributed by atoms with Gasteiger partial charge in [0.1, 0.15) is 11.3 Å². The van der Waals surface area contributed by atoms with Gasteiger partial charge >= 0.3 is 0 Å². The highest BCUT2D eigenvalue weighted by Crippen LogP contribution is 2.46. The molecule has 1 fully saturated rings. The van der Waals surface area contributed by atoms with E-state index in [9.17, 15) is 14.7 Å². The Balaban J connectivity index is 1.97. The van der Waals surface area contributed by atoms with Crippen LogP contribution >= 0.6 is 0 Å². The van der Waals surface area contributed by atoms with Crippen molar-refractivity contribution in [1.82, 2.24) is 19.2 Å². The number of carbonyl (C=O) groups is 2. The summed E-state index contributed by atoms with van der Waals surface area (Å²) in [5.41, 5.74) is 3.02. The largest absolute Gasteiger partial charge is 0.505 e. The number of ketones is 1. The Morgan fingerprint density at radius 2 is 1.74 bits per heavy atom. The zero-order valence-corrected chi connectivity index (χ0v) is 22.9. The number of Topliss-reactive ketones (excluding diaryl/α,β-unsaturated/α-hetero) is 1. The first-order valence-electron chi connectivity index (χ1n) is 12.3. The molecular weight excluding hydrogens is 488 g/mol. The number of hydrogen-bond acceptors (Lipinski definition) is 8. The second-order valence-electron chi connectivity index (χ2n) is 9.54. The van der Waals surface area contributed by atoms with Crippen molar-refractivity contribution in [2.24, 2.45) is 0 Å². The smallest absolute Gasteiger partial charge is 0.295 e. The summed E-state index contributed by atoms with van der Waals surface area (Å²) in [6.45, 7) is 4.72. The maximum atomic E-state index is 13.5. The monoisotopic (exact) mass is 522 g/mol. The van der Waals surface area contributed by atoms with Gasteiger partial charge in [-0.15, -0.1) is 0 Å². The number of nitrogens with zero attached hydrogens (tertiary/aromatic N) is 4. The minimum Gasteiger partial charge on any atom is -0.505 e. The number of likely N-dealkylation sites (tertiary alicyclic amines) is 1. The van der Waals surface area contributed by atoms with Crippen LogP contribution in [0.15, 0.2) is 36.0 Å². The molecule has 0 spiro atoms. The molecule has 0 bridgehead atoms. The number of aliphatic hydroxyl groups is 1. The Labute approximate surface area is 222 Å². The van der Waals surface area contributed by atoms with Gasteiger partial charge in [0.25, 0.3) is 11.7 Å². The molecule has 0 unspecified atom stereocenters. The van der Waals surface area contributed by atoms with E-state index in [1.807, 2.05) is 38.1 Å². The van der Waals surface area contributed by atoms with E-state index in [2.05, 4.69) is 4.98 Å². The van der Waals surface area contributed by atoms with Crippen LogP contribution in [0.4, 0.5) is 0 Å². The molecule has 202 valence electrons. The normalized spacial score (nSPS) is 17.1. The van der Waals surface area contributed by atoms with Gasteiger partial charge < -0.3 is 29.1 Å². The van der Waals surface area contributed by atoms with E-state index >= 15 is 0 Å². The lowest BCUT2D eigenvalue weighted by molar-refractivity contribution is -0.139. The second-order valence-corrected chi connectivity index (χ2v) is 9.54. The Kier molecular flexibility index (Phi) is 7.63. The fourth-order valence-corrected chi connectivity index (χ4v) is 5.00. The molecule has 4 rings (SSSR count). The topological polar surface area (TPSA) is 106 Å². The van der Waals surface area contributed by atoms with Crippen LogP contribution in [0.5, 0.6) is 17.2 Å². The molecule has 1 atom stereocenters. The van der Waals surface area contributed by atoms with Gasteiger partial charge in [0.15, 0.2) is 17.3 Å². The van der Waals surface area contributed by atoms with Crippen molar-refractivity contribution in [3.8, 4) is 17.2 Å². The van der Waals surface area contributed by atoms with Gasteiger partial charge in [-0.2, -0.15) is 0 Å². The molecule has 1 aromatic carbocycles. The first-order chi connectivity index (χ1) is 18.1. The van der Waals surface area contributed by atoms with Gasteiger partial charge in [-0.3, -0.25) is 14.0 Å². The van der Waals surface area contributed by atoms with Crippen LogP contribution in [0.2, 0.25) is 0 Å². The zero-order chi connectivity index (χ0) is 27.7. The van der Waals surface area contributed by atoms with Gasteiger partial charge in [-0.1, -0.05) is 6.07 Å². The van der Waals surface area contributed by atoms with Crippen molar-refractivity contribution >= 4 is 23.1 Å². The third-order valence-corrected chi connectivity index (χ3v) is 6.79. The number of benzene rings is 1. The predicted molar refractivity (Wildman–Crippen MR) is 143 cm³/mol. The molecule has 10 nitrogen and oxygen atoms in total. The van der Waals surface area contributed by atoms with Crippen LogP contribution in [-0.2, 0) is 9.59 Å². The van der Waals surface area contributed by atoms with Crippen LogP contribution in [0, 0.1) is 13.8 Å². The summed E-state index contributed by atoms with van der Waals surface area (Å²) >= 11 is 0. The first kappa shape index (κ1) is 27.0. The number of methoxy groups -OCH3 is 3. The lowest BCUT2D eigenvalue weighted by Crippen LogP contribution is -2.32. The lowest BCUT2D eigenvalue weighted by atomic mass is 9.95. The average Bonchev–Trinajstić information content (AvgIpc) is 3.36. The number of ether oxygens (including phenoxy) is 3. The van der Waals surface area contributed by atoms with Crippen LogP contribution in [-0.4, -0.2) is 84.5 Å². The Morgan fingerprint density at radius 3 is 2.32 bits per heavy atom. The lowest BCUT2D eigenvalue weighted by Gasteiger charge is -2.27. The number of pyridine rings is 1. The van der Waals surface area contributed by atoms with Gasteiger partial charge in [0.2, 0.25) is 5.75 Å². The standard InChI is InChI=1S/C28H34N4O6/c1-16-10-8-12-31-22(17(2)29-27(16)31)24(33)21-23(32(28(35)25(21)34)13-9-11-30(3)4)18-14-19(36-5)26(38-7)20(15-18)37-6/h8,10,12,14-15,23,33H,9,11,13H2,1-7H3/t23-/m1/s1. The molecule has 38 heavy (non-hydrogen) atoms. The van der Waals surface area contributed by atoms with Crippen LogP contribution in [0.3, 0.4) is 0 Å². The molecule has 2 aromatic heterocycles. The summed E-state index contributed by atoms with van der Waals surface area (Å²) in [6, 6.07) is 6.30. The van der Waals surface area contributed by atoms with Crippen molar-refractivity contribution in [2.45, 2.75) is 26.3 Å². The van der Waals surface area contributed by atoms with Gasteiger partial charge in [0.05, 0.1) is 38.6 Å². The van der Waals surface area contributed by atoms with Crippen molar-refractivity contribution in [2.75, 3.05) is 48.5 Å². The quantitative estimate of drug-likeness (QED) is 0.259. The number of aliphatic hydroxyl groups excluding tert-OH is 1. The first-order valence-corrected chi connectivity index (χ1v) is 12.3. The molecular formula is C28H34N4O6. The van der Waals surface area contributed by atoms with Crippen molar-refractivity contribution in [1.29, 1.82) is 0 Å². The Hall–Kier alpha value is -4.05. The number of amides is 1. The van der Waals surface area contributed by atoms with E-state index in [0.717, 1.165) is 12.1 Å². The maximum absolute atomic E-state index is 13.5. The summed E-state index contributed by atoms with van der Waals surface area (Å²) in [5, 5.41) is 11.7. The van der Waals surface area contributed by atoms with Crippen molar-refractivity contribution < 1.29 is 28.9 Å². The van der Waals surface area contributed by atoms with Crippen LogP contribution in [0.1, 0.15) is 35.0 Å². The second kappa shape index (κ2) is 10.7. The van der Waals surface area contributed by atoms with E-state index < -0.39 is 17.7 Å². The fourth-order valence-electron chi connectivity index (χ4n) is 5.00. The van der Waals surface area contributed by atoms with E-state index in [4.69, 9.17) is 14.2 Å². The van der Waals surface area contributed by atoms with Gasteiger partial charge in [-0.05, 0) is 70.2 Å². The molecule has 1 N–H and O–H groups in total. The van der Waals surface area contributed by atoms with E-state index in [0.29, 0.717) is 52.8 Å². The average molecular weight is 523 g/mol. The summed E-state index contributed by atoms with van der Waals surface area (Å²) in [6.07, 6.45) is 2.41. The highest BCUT2D eigenvalue weighted by molar-refractivity contribution is 6.46. The van der Waals surface area contributed by atoms with Crippen molar-refractivity contribution in [3.05, 3.63) is 58.6 Å². The fraction of sp³-hybridized carbons (Fsp3) is 0.393.